The molecule has 0 rings (SSSR count). The van der Waals surface area contributed by atoms with Crippen LogP contribution in [-0.2, 0) is 0 Å². The molecule has 0 fully saturated rings. The zero-order valence-electron chi connectivity index (χ0n) is 9.27. The number of hydrogen-bond donors (Lipinski definition) is 2. The van der Waals surface area contributed by atoms with Crippen molar-refractivity contribution < 1.29 is 10.2 Å². The van der Waals surface area contributed by atoms with Gasteiger partial charge in [0.25, 0.3) is 0 Å². The maximum atomic E-state index is 9.45. The SMILES string of the molecule is C=C/C(=C/C(O)=C\C=C\C=C(/C)O)CC. The van der Waals surface area contributed by atoms with E-state index >= 15 is 0 Å². The molecule has 2 nitrogen and oxygen atoms in total. The lowest BCUT2D eigenvalue weighted by atomic mass is 10.2. The van der Waals surface area contributed by atoms with Crippen molar-refractivity contribution in [2.45, 2.75) is 20.3 Å². The third kappa shape index (κ3) is 7.38. The third-order valence-corrected chi connectivity index (χ3v) is 1.72. The van der Waals surface area contributed by atoms with Crippen molar-refractivity contribution in [2.24, 2.45) is 0 Å². The minimum atomic E-state index is 0.173. The number of hydrogen-bond acceptors (Lipinski definition) is 2. The van der Waals surface area contributed by atoms with Gasteiger partial charge in [0, 0.05) is 0 Å². The summed E-state index contributed by atoms with van der Waals surface area (Å²) in [7, 11) is 0. The highest BCUT2D eigenvalue weighted by Crippen LogP contribution is 2.05. The Kier molecular flexibility index (Phi) is 6.81. The van der Waals surface area contributed by atoms with Gasteiger partial charge >= 0.3 is 0 Å². The fourth-order valence-corrected chi connectivity index (χ4v) is 0.892. The maximum Gasteiger partial charge on any atom is 0.115 e. The first kappa shape index (κ1) is 13.3. The van der Waals surface area contributed by atoms with E-state index in [9.17, 15) is 5.11 Å². The fraction of sp³-hybridized carbons (Fsp3) is 0.231. The highest BCUT2D eigenvalue weighted by atomic mass is 16.3. The van der Waals surface area contributed by atoms with E-state index in [1.807, 2.05) is 6.92 Å². The van der Waals surface area contributed by atoms with E-state index in [0.29, 0.717) is 0 Å². The van der Waals surface area contributed by atoms with E-state index in [1.165, 1.54) is 0 Å². The molecular weight excluding hydrogens is 188 g/mol. The number of allylic oxidation sites excluding steroid dienone is 8. The zero-order valence-corrected chi connectivity index (χ0v) is 9.27. The fourth-order valence-electron chi connectivity index (χ4n) is 0.892. The van der Waals surface area contributed by atoms with E-state index in [1.54, 1.807) is 43.4 Å². The number of aliphatic hydroxyl groups is 2. The molecule has 0 aromatic heterocycles. The predicted molar refractivity (Wildman–Crippen MR) is 64.8 cm³/mol. The number of rotatable bonds is 5. The van der Waals surface area contributed by atoms with Crippen LogP contribution in [0.15, 0.2) is 60.1 Å². The van der Waals surface area contributed by atoms with Crippen molar-refractivity contribution in [3.63, 3.8) is 0 Å². The first-order chi connectivity index (χ1) is 7.10. The Morgan fingerprint density at radius 3 is 2.27 bits per heavy atom. The van der Waals surface area contributed by atoms with Gasteiger partial charge in [0.1, 0.15) is 5.76 Å². The largest absolute Gasteiger partial charge is 0.513 e. The molecule has 2 heteroatoms. The van der Waals surface area contributed by atoms with Gasteiger partial charge < -0.3 is 10.2 Å². The maximum absolute atomic E-state index is 9.45. The van der Waals surface area contributed by atoms with E-state index in [2.05, 4.69) is 6.58 Å². The predicted octanol–water partition coefficient (Wildman–Crippen LogP) is 3.97. The van der Waals surface area contributed by atoms with Crippen LogP contribution in [0, 0.1) is 0 Å². The molecule has 82 valence electrons. The van der Waals surface area contributed by atoms with Crippen molar-refractivity contribution in [1.29, 1.82) is 0 Å². The smallest absolute Gasteiger partial charge is 0.115 e. The normalized spacial score (nSPS) is 14.7. The summed E-state index contributed by atoms with van der Waals surface area (Å²) in [6.07, 6.45) is 10.6. The molecule has 0 unspecified atom stereocenters. The lowest BCUT2D eigenvalue weighted by molar-refractivity contribution is 0.414. The minimum Gasteiger partial charge on any atom is -0.513 e. The van der Waals surface area contributed by atoms with Crippen molar-refractivity contribution in [3.05, 3.63) is 60.1 Å². The Balaban J connectivity index is 4.45. The molecule has 0 aromatic rings. The van der Waals surface area contributed by atoms with E-state index in [4.69, 9.17) is 5.11 Å². The molecule has 0 aliphatic heterocycles. The Hall–Kier alpha value is -1.70. The van der Waals surface area contributed by atoms with Crippen LogP contribution in [0.25, 0.3) is 0 Å². The Labute approximate surface area is 91.3 Å². The molecule has 0 amide bonds. The molecule has 0 aliphatic rings. The van der Waals surface area contributed by atoms with Crippen LogP contribution >= 0.6 is 0 Å². The summed E-state index contributed by atoms with van der Waals surface area (Å²) in [4.78, 5) is 0. The van der Waals surface area contributed by atoms with Crippen LogP contribution in [0.5, 0.6) is 0 Å². The van der Waals surface area contributed by atoms with Crippen molar-refractivity contribution >= 4 is 0 Å². The highest BCUT2D eigenvalue weighted by molar-refractivity contribution is 5.27. The Morgan fingerprint density at radius 2 is 1.80 bits per heavy atom. The van der Waals surface area contributed by atoms with Crippen molar-refractivity contribution in [2.75, 3.05) is 0 Å². The summed E-state index contributed by atoms with van der Waals surface area (Å²) in [5.41, 5.74) is 0.978. The second-order valence-electron chi connectivity index (χ2n) is 3.06. The van der Waals surface area contributed by atoms with Crippen LogP contribution < -0.4 is 0 Å². The minimum absolute atomic E-state index is 0.173. The van der Waals surface area contributed by atoms with Crippen LogP contribution in [0.2, 0.25) is 0 Å². The van der Waals surface area contributed by atoms with Crippen LogP contribution in [-0.4, -0.2) is 10.2 Å². The molecule has 2 N–H and O–H groups in total. The average Bonchev–Trinajstić information content (AvgIpc) is 2.20. The van der Waals surface area contributed by atoms with Gasteiger partial charge in [-0.3, -0.25) is 0 Å². The molecular formula is C13H18O2. The molecule has 0 saturated heterocycles. The van der Waals surface area contributed by atoms with Crippen LogP contribution in [0.1, 0.15) is 20.3 Å². The molecule has 0 radical (unpaired) electrons. The van der Waals surface area contributed by atoms with Gasteiger partial charge in [-0.1, -0.05) is 31.7 Å². The molecule has 0 saturated carbocycles. The third-order valence-electron chi connectivity index (χ3n) is 1.72. The van der Waals surface area contributed by atoms with Crippen molar-refractivity contribution in [1.82, 2.24) is 0 Å². The second-order valence-corrected chi connectivity index (χ2v) is 3.06. The van der Waals surface area contributed by atoms with Crippen LogP contribution in [0.3, 0.4) is 0 Å². The summed E-state index contributed by atoms with van der Waals surface area (Å²) >= 11 is 0. The van der Waals surface area contributed by atoms with Gasteiger partial charge in [-0.15, -0.1) is 0 Å². The summed E-state index contributed by atoms with van der Waals surface area (Å²) < 4.78 is 0. The Morgan fingerprint density at radius 1 is 1.20 bits per heavy atom. The molecule has 0 heterocycles. The number of aliphatic hydroxyl groups excluding tert-OH is 2. The van der Waals surface area contributed by atoms with Gasteiger partial charge in [0.05, 0.1) is 5.76 Å². The standard InChI is InChI=1S/C13H18O2/c1-4-12(5-2)10-13(15)9-7-6-8-11(3)14/h4,6-10,14-15H,1,5H2,2-3H3/b7-6+,11-8+,12-10-,13-9+. The molecule has 0 spiro atoms. The lowest BCUT2D eigenvalue weighted by Crippen LogP contribution is -1.78. The van der Waals surface area contributed by atoms with E-state index in [0.717, 1.165) is 12.0 Å². The first-order valence-corrected chi connectivity index (χ1v) is 4.86. The molecule has 15 heavy (non-hydrogen) atoms. The van der Waals surface area contributed by atoms with E-state index < -0.39 is 0 Å². The molecule has 0 aromatic carbocycles. The quantitative estimate of drug-likeness (QED) is 0.528. The summed E-state index contributed by atoms with van der Waals surface area (Å²) in [5, 5.41) is 18.3. The van der Waals surface area contributed by atoms with Gasteiger partial charge in [0.2, 0.25) is 0 Å². The van der Waals surface area contributed by atoms with Crippen LogP contribution in [0.4, 0.5) is 0 Å². The first-order valence-electron chi connectivity index (χ1n) is 4.86. The zero-order chi connectivity index (χ0) is 11.7. The highest BCUT2D eigenvalue weighted by Gasteiger charge is 1.88. The second kappa shape index (κ2) is 7.68. The van der Waals surface area contributed by atoms with Gasteiger partial charge in [-0.05, 0) is 37.1 Å². The monoisotopic (exact) mass is 206 g/mol. The molecule has 0 aliphatic carbocycles. The summed E-state index contributed by atoms with van der Waals surface area (Å²) in [5.74, 6) is 0.405. The topological polar surface area (TPSA) is 40.5 Å². The van der Waals surface area contributed by atoms with Gasteiger partial charge in [-0.25, -0.2) is 0 Å². The Bertz CT molecular complexity index is 313. The molecule has 0 bridgehead atoms. The average molecular weight is 206 g/mol. The van der Waals surface area contributed by atoms with E-state index in [-0.39, 0.29) is 11.5 Å². The lowest BCUT2D eigenvalue weighted by Gasteiger charge is -1.95. The summed E-state index contributed by atoms with van der Waals surface area (Å²) in [6.45, 7) is 7.22. The van der Waals surface area contributed by atoms with Crippen molar-refractivity contribution in [3.8, 4) is 0 Å². The molecule has 0 atom stereocenters. The van der Waals surface area contributed by atoms with Gasteiger partial charge in [0.15, 0.2) is 0 Å². The van der Waals surface area contributed by atoms with Gasteiger partial charge in [-0.2, -0.15) is 0 Å². The summed E-state index contributed by atoms with van der Waals surface area (Å²) in [6, 6.07) is 0.